The van der Waals surface area contributed by atoms with Gasteiger partial charge in [0, 0.05) is 25.3 Å². The number of hydrogen-bond donors (Lipinski definition) is 1. The zero-order valence-corrected chi connectivity index (χ0v) is 12.4. The SMILES string of the molecule is N#Cc1ccc(NC[C@@H]2CCCO[C@@H]2c2ccccc2)nc1. The highest BCUT2D eigenvalue weighted by molar-refractivity contribution is 5.39. The maximum atomic E-state index is 8.80. The lowest BCUT2D eigenvalue weighted by Gasteiger charge is -2.32. The fraction of sp³-hybridized carbons (Fsp3) is 0.333. The van der Waals surface area contributed by atoms with E-state index in [1.54, 1.807) is 12.3 Å². The molecule has 1 saturated heterocycles. The predicted molar refractivity (Wildman–Crippen MR) is 85.3 cm³/mol. The fourth-order valence-corrected chi connectivity index (χ4v) is 2.86. The van der Waals surface area contributed by atoms with Gasteiger partial charge in [0.15, 0.2) is 0 Å². The van der Waals surface area contributed by atoms with Crippen LogP contribution in [0.1, 0.15) is 30.1 Å². The highest BCUT2D eigenvalue weighted by atomic mass is 16.5. The van der Waals surface area contributed by atoms with Gasteiger partial charge in [-0.25, -0.2) is 4.98 Å². The first-order chi connectivity index (χ1) is 10.9. The van der Waals surface area contributed by atoms with Crippen molar-refractivity contribution >= 4 is 5.82 Å². The van der Waals surface area contributed by atoms with Gasteiger partial charge in [0.2, 0.25) is 0 Å². The predicted octanol–water partition coefficient (Wildman–Crippen LogP) is 3.53. The third-order valence-electron chi connectivity index (χ3n) is 4.01. The van der Waals surface area contributed by atoms with E-state index < -0.39 is 0 Å². The Kier molecular flexibility index (Phi) is 4.67. The van der Waals surface area contributed by atoms with Gasteiger partial charge in [0.1, 0.15) is 11.9 Å². The summed E-state index contributed by atoms with van der Waals surface area (Å²) in [4.78, 5) is 4.26. The van der Waals surface area contributed by atoms with E-state index in [-0.39, 0.29) is 6.10 Å². The van der Waals surface area contributed by atoms with Crippen LogP contribution in [0, 0.1) is 17.2 Å². The topological polar surface area (TPSA) is 57.9 Å². The van der Waals surface area contributed by atoms with Gasteiger partial charge in [-0.2, -0.15) is 5.26 Å². The smallest absolute Gasteiger partial charge is 0.125 e. The van der Waals surface area contributed by atoms with Crippen LogP contribution < -0.4 is 5.32 Å². The lowest BCUT2D eigenvalue weighted by Crippen LogP contribution is -2.28. The molecule has 0 aliphatic carbocycles. The summed E-state index contributed by atoms with van der Waals surface area (Å²) in [5.41, 5.74) is 1.82. The number of hydrogen-bond acceptors (Lipinski definition) is 4. The molecule has 1 aromatic heterocycles. The first-order valence-electron chi connectivity index (χ1n) is 7.63. The van der Waals surface area contributed by atoms with Crippen LogP contribution in [0.4, 0.5) is 5.82 Å². The largest absolute Gasteiger partial charge is 0.373 e. The molecule has 0 spiro atoms. The monoisotopic (exact) mass is 293 g/mol. The summed E-state index contributed by atoms with van der Waals surface area (Å²) < 4.78 is 6.00. The molecule has 0 radical (unpaired) electrons. The van der Waals surface area contributed by atoms with Crippen LogP contribution in [0.3, 0.4) is 0 Å². The Bertz CT molecular complexity index is 634. The molecule has 4 nitrogen and oxygen atoms in total. The Morgan fingerprint density at radius 3 is 2.82 bits per heavy atom. The highest BCUT2D eigenvalue weighted by Gasteiger charge is 2.27. The van der Waals surface area contributed by atoms with Gasteiger partial charge in [-0.15, -0.1) is 0 Å². The number of rotatable bonds is 4. The molecule has 1 aromatic carbocycles. The molecular weight excluding hydrogens is 274 g/mol. The average molecular weight is 293 g/mol. The number of nitrogens with zero attached hydrogens (tertiary/aromatic N) is 2. The number of pyridine rings is 1. The molecule has 0 bridgehead atoms. The Labute approximate surface area is 130 Å². The van der Waals surface area contributed by atoms with E-state index in [0.717, 1.165) is 31.8 Å². The van der Waals surface area contributed by atoms with Gasteiger partial charge in [0.25, 0.3) is 0 Å². The molecular formula is C18H19N3O. The van der Waals surface area contributed by atoms with Crippen LogP contribution in [0.2, 0.25) is 0 Å². The molecule has 0 amide bonds. The normalized spacial score (nSPS) is 21.0. The maximum Gasteiger partial charge on any atom is 0.125 e. The summed E-state index contributed by atoms with van der Waals surface area (Å²) in [6.07, 6.45) is 3.97. The quantitative estimate of drug-likeness (QED) is 0.937. The van der Waals surface area contributed by atoms with Crippen molar-refractivity contribution in [3.63, 3.8) is 0 Å². The van der Waals surface area contributed by atoms with Crippen LogP contribution in [-0.2, 0) is 4.74 Å². The van der Waals surface area contributed by atoms with Crippen molar-refractivity contribution in [3.8, 4) is 6.07 Å². The van der Waals surface area contributed by atoms with Crippen LogP contribution in [-0.4, -0.2) is 18.1 Å². The number of ether oxygens (including phenoxy) is 1. The summed E-state index contributed by atoms with van der Waals surface area (Å²) in [7, 11) is 0. The van der Waals surface area contributed by atoms with E-state index in [0.29, 0.717) is 11.5 Å². The number of benzene rings is 1. The van der Waals surface area contributed by atoms with Gasteiger partial charge in [-0.3, -0.25) is 0 Å². The molecule has 2 aromatic rings. The van der Waals surface area contributed by atoms with Crippen LogP contribution in [0.5, 0.6) is 0 Å². The molecule has 1 aliphatic heterocycles. The minimum absolute atomic E-state index is 0.140. The fourth-order valence-electron chi connectivity index (χ4n) is 2.86. The van der Waals surface area contributed by atoms with Crippen LogP contribution in [0.25, 0.3) is 0 Å². The Hall–Kier alpha value is -2.38. The maximum absolute atomic E-state index is 8.80. The third kappa shape index (κ3) is 3.44. The molecule has 4 heteroatoms. The molecule has 0 unspecified atom stereocenters. The molecule has 2 heterocycles. The standard InChI is InChI=1S/C18H19N3O/c19-11-14-8-9-17(20-12-14)21-13-16-7-4-10-22-18(16)15-5-2-1-3-6-15/h1-3,5-6,8-9,12,16,18H,4,7,10,13H2,(H,20,21)/t16-,18+/m0/s1. The Morgan fingerprint density at radius 1 is 1.23 bits per heavy atom. The number of aromatic nitrogens is 1. The molecule has 112 valence electrons. The highest BCUT2D eigenvalue weighted by Crippen LogP contribution is 2.33. The van der Waals surface area contributed by atoms with E-state index >= 15 is 0 Å². The van der Waals surface area contributed by atoms with Gasteiger partial charge in [-0.05, 0) is 30.5 Å². The van der Waals surface area contributed by atoms with Gasteiger partial charge < -0.3 is 10.1 Å². The number of anilines is 1. The van der Waals surface area contributed by atoms with Crippen molar-refractivity contribution in [1.29, 1.82) is 5.26 Å². The zero-order valence-electron chi connectivity index (χ0n) is 12.4. The summed E-state index contributed by atoms with van der Waals surface area (Å²) >= 11 is 0. The molecule has 1 fully saturated rings. The van der Waals surface area contributed by atoms with Crippen LogP contribution >= 0.6 is 0 Å². The van der Waals surface area contributed by atoms with Gasteiger partial charge in [-0.1, -0.05) is 30.3 Å². The lowest BCUT2D eigenvalue weighted by molar-refractivity contribution is -0.0238. The van der Waals surface area contributed by atoms with Crippen molar-refractivity contribution in [2.24, 2.45) is 5.92 Å². The van der Waals surface area contributed by atoms with Gasteiger partial charge >= 0.3 is 0 Å². The van der Waals surface area contributed by atoms with Crippen molar-refractivity contribution in [1.82, 2.24) is 4.98 Å². The number of nitriles is 1. The summed E-state index contributed by atoms with van der Waals surface area (Å²) in [5, 5.41) is 12.2. The van der Waals surface area contributed by atoms with E-state index in [4.69, 9.17) is 10.00 Å². The summed E-state index contributed by atoms with van der Waals surface area (Å²) in [5.74, 6) is 1.23. The molecule has 1 N–H and O–H groups in total. The second kappa shape index (κ2) is 7.06. The molecule has 2 atom stereocenters. The first kappa shape index (κ1) is 14.6. The number of nitrogens with one attached hydrogen (secondary N) is 1. The second-order valence-electron chi connectivity index (χ2n) is 5.53. The zero-order chi connectivity index (χ0) is 15.2. The third-order valence-corrected chi connectivity index (χ3v) is 4.01. The summed E-state index contributed by atoms with van der Waals surface area (Å²) in [6.45, 7) is 1.64. The molecule has 0 saturated carbocycles. The van der Waals surface area contributed by atoms with E-state index in [1.807, 2.05) is 12.1 Å². The Morgan fingerprint density at radius 2 is 2.09 bits per heavy atom. The van der Waals surface area contributed by atoms with Crippen molar-refractivity contribution < 1.29 is 4.74 Å². The van der Waals surface area contributed by atoms with E-state index in [2.05, 4.69) is 40.6 Å². The minimum atomic E-state index is 0.140. The summed E-state index contributed by atoms with van der Waals surface area (Å²) in [6, 6.07) is 16.1. The molecule has 1 aliphatic rings. The van der Waals surface area contributed by atoms with E-state index in [9.17, 15) is 0 Å². The van der Waals surface area contributed by atoms with Crippen molar-refractivity contribution in [2.75, 3.05) is 18.5 Å². The van der Waals surface area contributed by atoms with Crippen molar-refractivity contribution in [2.45, 2.75) is 18.9 Å². The second-order valence-corrected chi connectivity index (χ2v) is 5.53. The lowest BCUT2D eigenvalue weighted by atomic mass is 9.89. The van der Waals surface area contributed by atoms with Crippen molar-refractivity contribution in [3.05, 3.63) is 59.8 Å². The molecule has 22 heavy (non-hydrogen) atoms. The van der Waals surface area contributed by atoms with Crippen LogP contribution in [0.15, 0.2) is 48.7 Å². The Balaban J connectivity index is 1.65. The molecule has 3 rings (SSSR count). The first-order valence-corrected chi connectivity index (χ1v) is 7.63. The minimum Gasteiger partial charge on any atom is -0.373 e. The van der Waals surface area contributed by atoms with Gasteiger partial charge in [0.05, 0.1) is 11.7 Å². The average Bonchev–Trinajstić information content (AvgIpc) is 2.61. The van der Waals surface area contributed by atoms with E-state index in [1.165, 1.54) is 5.56 Å².